The van der Waals surface area contributed by atoms with Crippen molar-refractivity contribution in [2.45, 2.75) is 30.4 Å². The predicted octanol–water partition coefficient (Wildman–Crippen LogP) is 5.52. The first-order chi connectivity index (χ1) is 18.3. The minimum atomic E-state index is -4.98. The van der Waals surface area contributed by atoms with Crippen LogP contribution in [0.15, 0.2) is 66.9 Å². The molecule has 0 radical (unpaired) electrons. The molecule has 1 aromatic heterocycles. The summed E-state index contributed by atoms with van der Waals surface area (Å²) >= 11 is 5.94. The first-order valence-electron chi connectivity index (χ1n) is 11.1. The van der Waals surface area contributed by atoms with E-state index in [0.29, 0.717) is 11.6 Å². The SMILES string of the molecule is O=C(NCC(F)(F)CO)NC(Cc1ccccc1)(c1cc(F)cc(OC(F)(F)C(F)F)c1)c1ccc(Cl)cn1. The number of carbonyl (C=O) groups excluding carboxylic acids is 1. The number of urea groups is 1. The molecule has 2 amide bonds. The van der Waals surface area contributed by atoms with E-state index in [1.165, 1.54) is 12.1 Å². The molecular weight excluding hydrogens is 559 g/mol. The molecular formula is C25H21ClF7N3O3. The first-order valence-corrected chi connectivity index (χ1v) is 11.5. The Balaban J connectivity index is 2.20. The number of rotatable bonds is 11. The van der Waals surface area contributed by atoms with Crippen LogP contribution in [0.25, 0.3) is 0 Å². The Bertz CT molecular complexity index is 1270. The van der Waals surface area contributed by atoms with Gasteiger partial charge in [0.25, 0.3) is 5.92 Å². The van der Waals surface area contributed by atoms with Crippen molar-refractivity contribution in [3.8, 4) is 5.75 Å². The van der Waals surface area contributed by atoms with Crippen molar-refractivity contribution in [1.82, 2.24) is 15.6 Å². The Morgan fingerprint density at radius 2 is 1.74 bits per heavy atom. The predicted molar refractivity (Wildman–Crippen MR) is 127 cm³/mol. The third-order valence-corrected chi connectivity index (χ3v) is 5.64. The molecule has 2 aromatic carbocycles. The summed E-state index contributed by atoms with van der Waals surface area (Å²) in [6.45, 7) is -2.85. The number of benzene rings is 2. The summed E-state index contributed by atoms with van der Waals surface area (Å²) in [5.74, 6) is -5.89. The van der Waals surface area contributed by atoms with Crippen molar-refractivity contribution >= 4 is 17.6 Å². The number of nitrogens with one attached hydrogen (secondary N) is 2. The van der Waals surface area contributed by atoms with Crippen molar-refractivity contribution in [2.75, 3.05) is 13.2 Å². The largest absolute Gasteiger partial charge is 0.461 e. The molecule has 1 heterocycles. The van der Waals surface area contributed by atoms with Crippen LogP contribution in [-0.2, 0) is 12.0 Å². The number of halogens is 8. The monoisotopic (exact) mass is 579 g/mol. The van der Waals surface area contributed by atoms with Crippen molar-refractivity contribution in [2.24, 2.45) is 0 Å². The van der Waals surface area contributed by atoms with Gasteiger partial charge in [0.1, 0.15) is 23.7 Å². The first kappa shape index (κ1) is 30.0. The Morgan fingerprint density at radius 3 is 2.33 bits per heavy atom. The Hall–Kier alpha value is -3.58. The number of ether oxygens (including phenoxy) is 1. The van der Waals surface area contributed by atoms with E-state index < -0.39 is 54.7 Å². The molecule has 6 nitrogen and oxygen atoms in total. The Kier molecular flexibility index (Phi) is 9.28. The molecule has 14 heteroatoms. The lowest BCUT2D eigenvalue weighted by molar-refractivity contribution is -0.253. The molecule has 3 N–H and O–H groups in total. The normalized spacial score (nSPS) is 13.6. The molecule has 1 unspecified atom stereocenters. The van der Waals surface area contributed by atoms with Crippen LogP contribution in [0.1, 0.15) is 16.8 Å². The summed E-state index contributed by atoms with van der Waals surface area (Å²) in [6, 6.07) is 11.6. The van der Waals surface area contributed by atoms with E-state index in [2.05, 4.69) is 15.0 Å². The molecule has 0 bridgehead atoms. The molecule has 0 aliphatic heterocycles. The zero-order valence-corrected chi connectivity index (χ0v) is 20.5. The van der Waals surface area contributed by atoms with Crippen LogP contribution in [0.3, 0.4) is 0 Å². The molecule has 210 valence electrons. The van der Waals surface area contributed by atoms with Crippen molar-refractivity contribution in [3.05, 3.63) is 94.5 Å². The third kappa shape index (κ3) is 7.73. The van der Waals surface area contributed by atoms with Crippen molar-refractivity contribution < 1.29 is 45.4 Å². The molecule has 3 rings (SSSR count). The average molecular weight is 580 g/mol. The number of aliphatic hydroxyl groups excluding tert-OH is 1. The van der Waals surface area contributed by atoms with Crippen LogP contribution in [0.2, 0.25) is 5.02 Å². The Labute approximate surface area is 222 Å². The quantitative estimate of drug-likeness (QED) is 0.261. The summed E-state index contributed by atoms with van der Waals surface area (Å²) in [5, 5.41) is 13.3. The Morgan fingerprint density at radius 1 is 1.05 bits per heavy atom. The number of aromatic nitrogens is 1. The number of alkyl halides is 6. The summed E-state index contributed by atoms with van der Waals surface area (Å²) in [7, 11) is 0. The van der Waals surface area contributed by atoms with Gasteiger partial charge in [0, 0.05) is 18.7 Å². The summed E-state index contributed by atoms with van der Waals surface area (Å²) < 4.78 is 98.9. The van der Waals surface area contributed by atoms with E-state index in [4.69, 9.17) is 16.7 Å². The smallest absolute Gasteiger partial charge is 0.428 e. The van der Waals surface area contributed by atoms with E-state index in [-0.39, 0.29) is 22.7 Å². The summed E-state index contributed by atoms with van der Waals surface area (Å²) in [6.07, 6.45) is -8.31. The zero-order chi connectivity index (χ0) is 28.8. The van der Waals surface area contributed by atoms with Gasteiger partial charge in [-0.3, -0.25) is 4.98 Å². The number of pyridine rings is 1. The van der Waals surface area contributed by atoms with E-state index in [0.717, 1.165) is 18.3 Å². The number of aliphatic hydroxyl groups is 1. The second-order valence-electron chi connectivity index (χ2n) is 8.39. The minimum absolute atomic E-state index is 0.0445. The third-order valence-electron chi connectivity index (χ3n) is 5.41. The van der Waals surface area contributed by atoms with Gasteiger partial charge in [-0.05, 0) is 35.4 Å². The molecule has 0 spiro atoms. The van der Waals surface area contributed by atoms with Gasteiger partial charge in [-0.25, -0.2) is 18.0 Å². The van der Waals surface area contributed by atoms with Crippen molar-refractivity contribution in [1.29, 1.82) is 0 Å². The maximum Gasteiger partial charge on any atom is 0.461 e. The maximum absolute atomic E-state index is 14.7. The number of nitrogens with zero attached hydrogens (tertiary/aromatic N) is 1. The van der Waals surface area contributed by atoms with Gasteiger partial charge >= 0.3 is 18.6 Å². The molecule has 0 aliphatic carbocycles. The van der Waals surface area contributed by atoms with Crippen LogP contribution < -0.4 is 15.4 Å². The lowest BCUT2D eigenvalue weighted by Gasteiger charge is -2.36. The van der Waals surface area contributed by atoms with Crippen LogP contribution in [-0.4, -0.2) is 47.7 Å². The van der Waals surface area contributed by atoms with Crippen LogP contribution >= 0.6 is 11.6 Å². The lowest BCUT2D eigenvalue weighted by atomic mass is 9.80. The number of carbonyl (C=O) groups is 1. The number of hydrogen-bond donors (Lipinski definition) is 3. The van der Waals surface area contributed by atoms with Gasteiger partial charge in [0.15, 0.2) is 0 Å². The van der Waals surface area contributed by atoms with E-state index >= 15 is 0 Å². The molecule has 0 saturated carbocycles. The van der Waals surface area contributed by atoms with Crippen molar-refractivity contribution in [3.63, 3.8) is 0 Å². The molecule has 0 saturated heterocycles. The van der Waals surface area contributed by atoms with E-state index in [9.17, 15) is 35.5 Å². The van der Waals surface area contributed by atoms with Gasteiger partial charge in [-0.2, -0.15) is 17.6 Å². The fourth-order valence-corrected chi connectivity index (χ4v) is 3.74. The van der Waals surface area contributed by atoms with Gasteiger partial charge in [-0.1, -0.05) is 41.9 Å². The summed E-state index contributed by atoms with van der Waals surface area (Å²) in [4.78, 5) is 17.0. The number of amides is 2. The van der Waals surface area contributed by atoms with E-state index in [1.54, 1.807) is 30.3 Å². The second kappa shape index (κ2) is 12.1. The lowest BCUT2D eigenvalue weighted by Crippen LogP contribution is -2.54. The second-order valence-corrected chi connectivity index (χ2v) is 8.83. The maximum atomic E-state index is 14.7. The van der Waals surface area contributed by atoms with Crippen LogP contribution in [0, 0.1) is 5.82 Å². The van der Waals surface area contributed by atoms with Crippen LogP contribution in [0.4, 0.5) is 35.5 Å². The fraction of sp³-hybridized carbons (Fsp3) is 0.280. The summed E-state index contributed by atoms with van der Waals surface area (Å²) in [5.41, 5.74) is -1.83. The van der Waals surface area contributed by atoms with Crippen LogP contribution in [0.5, 0.6) is 5.75 Å². The molecule has 1 atom stereocenters. The highest BCUT2D eigenvalue weighted by Crippen LogP contribution is 2.37. The highest BCUT2D eigenvalue weighted by molar-refractivity contribution is 6.30. The standard InChI is InChI=1S/C25H21ClF7N3O3/c26-17-6-7-20(34-12-17)24(11-15-4-2-1-3-5-15,36-22(38)35-13-23(30,31)14-37)16-8-18(27)10-19(9-16)39-25(32,33)21(28)29/h1-10,12,21,37H,11,13-14H2,(H2,35,36,38). The molecule has 39 heavy (non-hydrogen) atoms. The van der Waals surface area contributed by atoms with E-state index in [1.807, 2.05) is 5.32 Å². The highest BCUT2D eigenvalue weighted by Gasteiger charge is 2.45. The fourth-order valence-electron chi connectivity index (χ4n) is 3.62. The highest BCUT2D eigenvalue weighted by atomic mass is 35.5. The van der Waals surface area contributed by atoms with Gasteiger partial charge in [0.2, 0.25) is 0 Å². The van der Waals surface area contributed by atoms with Gasteiger partial charge < -0.3 is 20.5 Å². The molecule has 0 fully saturated rings. The molecule has 0 aliphatic rings. The number of hydrogen-bond acceptors (Lipinski definition) is 4. The minimum Gasteiger partial charge on any atom is -0.428 e. The zero-order valence-electron chi connectivity index (χ0n) is 19.8. The van der Waals surface area contributed by atoms with Gasteiger partial charge in [0.05, 0.1) is 17.3 Å². The topological polar surface area (TPSA) is 83.5 Å². The average Bonchev–Trinajstić information content (AvgIpc) is 2.87. The van der Waals surface area contributed by atoms with Gasteiger partial charge in [-0.15, -0.1) is 0 Å². The molecule has 3 aromatic rings.